The molecule has 0 radical (unpaired) electrons. The maximum absolute atomic E-state index is 11.5. The maximum atomic E-state index is 11.5. The minimum atomic E-state index is -0.820. The quantitative estimate of drug-likeness (QED) is 0.485. The fraction of sp³-hybridized carbons (Fsp3) is 0.875. The molecule has 13 heavy (non-hydrogen) atoms. The molecule has 0 aromatic carbocycles. The van der Waals surface area contributed by atoms with Crippen molar-refractivity contribution in [3.8, 4) is 0 Å². The zero-order valence-corrected chi connectivity index (χ0v) is 7.73. The second kappa shape index (κ2) is 4.55. The molecule has 0 saturated carbocycles. The monoisotopic (exact) mass is 188 g/mol. The van der Waals surface area contributed by atoms with Gasteiger partial charge in [-0.15, -0.1) is 0 Å². The molecule has 5 nitrogen and oxygen atoms in total. The SMILES string of the molecule is CNC1CCN(CC(O)CO)C1=O. The number of hydrogen-bond donors (Lipinski definition) is 3. The van der Waals surface area contributed by atoms with Crippen LogP contribution in [-0.2, 0) is 4.79 Å². The van der Waals surface area contributed by atoms with Crippen molar-refractivity contribution in [1.82, 2.24) is 10.2 Å². The number of nitrogens with zero attached hydrogens (tertiary/aromatic N) is 1. The first-order valence-electron chi connectivity index (χ1n) is 4.44. The Morgan fingerprint density at radius 1 is 1.77 bits per heavy atom. The van der Waals surface area contributed by atoms with Crippen molar-refractivity contribution in [2.45, 2.75) is 18.6 Å². The van der Waals surface area contributed by atoms with Gasteiger partial charge in [0, 0.05) is 13.1 Å². The molecule has 3 N–H and O–H groups in total. The van der Waals surface area contributed by atoms with E-state index in [1.165, 1.54) is 0 Å². The van der Waals surface area contributed by atoms with E-state index in [0.29, 0.717) is 6.54 Å². The fourth-order valence-corrected chi connectivity index (χ4v) is 1.50. The molecule has 0 aromatic heterocycles. The van der Waals surface area contributed by atoms with Crippen molar-refractivity contribution in [2.75, 3.05) is 26.7 Å². The number of likely N-dealkylation sites (N-methyl/N-ethyl adjacent to an activating group) is 1. The molecule has 1 rings (SSSR count). The van der Waals surface area contributed by atoms with Gasteiger partial charge in [-0.2, -0.15) is 0 Å². The molecule has 2 unspecified atom stereocenters. The van der Waals surface area contributed by atoms with Gasteiger partial charge < -0.3 is 20.4 Å². The summed E-state index contributed by atoms with van der Waals surface area (Å²) in [5.41, 5.74) is 0. The van der Waals surface area contributed by atoms with Crippen molar-refractivity contribution < 1.29 is 15.0 Å². The van der Waals surface area contributed by atoms with E-state index in [0.717, 1.165) is 6.42 Å². The first-order valence-corrected chi connectivity index (χ1v) is 4.44. The Balaban J connectivity index is 2.41. The predicted molar refractivity (Wildman–Crippen MR) is 47.1 cm³/mol. The van der Waals surface area contributed by atoms with Crippen molar-refractivity contribution in [1.29, 1.82) is 0 Å². The summed E-state index contributed by atoms with van der Waals surface area (Å²) in [5, 5.41) is 20.6. The summed E-state index contributed by atoms with van der Waals surface area (Å²) >= 11 is 0. The van der Waals surface area contributed by atoms with Gasteiger partial charge in [-0.1, -0.05) is 0 Å². The van der Waals surface area contributed by atoms with Crippen molar-refractivity contribution >= 4 is 5.91 Å². The number of β-amino-alcohol motifs (C(OH)–C–C–N with tert-alkyl or cyclic N) is 1. The van der Waals surface area contributed by atoms with E-state index >= 15 is 0 Å². The van der Waals surface area contributed by atoms with Gasteiger partial charge in [-0.25, -0.2) is 0 Å². The summed E-state index contributed by atoms with van der Waals surface area (Å²) in [6, 6.07) is -0.120. The standard InChI is InChI=1S/C8H16N2O3/c1-9-7-2-3-10(8(7)13)4-6(12)5-11/h6-7,9,11-12H,2-5H2,1H3. The van der Waals surface area contributed by atoms with Crippen molar-refractivity contribution in [2.24, 2.45) is 0 Å². The zero-order valence-electron chi connectivity index (χ0n) is 7.73. The van der Waals surface area contributed by atoms with Crippen LogP contribution in [0.4, 0.5) is 0 Å². The lowest BCUT2D eigenvalue weighted by atomic mass is 10.2. The van der Waals surface area contributed by atoms with E-state index in [1.807, 2.05) is 0 Å². The second-order valence-corrected chi connectivity index (χ2v) is 3.25. The Morgan fingerprint density at radius 2 is 2.46 bits per heavy atom. The third-order valence-electron chi connectivity index (χ3n) is 2.29. The summed E-state index contributed by atoms with van der Waals surface area (Å²) in [6.07, 6.45) is -0.0485. The molecule has 0 spiro atoms. The number of nitrogens with one attached hydrogen (secondary N) is 1. The Bertz CT molecular complexity index is 186. The highest BCUT2D eigenvalue weighted by Gasteiger charge is 2.30. The van der Waals surface area contributed by atoms with Crippen LogP contribution < -0.4 is 5.32 Å². The van der Waals surface area contributed by atoms with E-state index in [2.05, 4.69) is 5.32 Å². The van der Waals surface area contributed by atoms with Gasteiger partial charge in [-0.3, -0.25) is 4.79 Å². The highest BCUT2D eigenvalue weighted by atomic mass is 16.3. The van der Waals surface area contributed by atoms with Crippen LogP contribution in [0.5, 0.6) is 0 Å². The lowest BCUT2D eigenvalue weighted by Crippen LogP contribution is -2.40. The number of aliphatic hydroxyl groups is 2. The van der Waals surface area contributed by atoms with Crippen LogP contribution in [0.2, 0.25) is 0 Å². The van der Waals surface area contributed by atoms with Crippen LogP contribution in [0, 0.1) is 0 Å². The van der Waals surface area contributed by atoms with Crippen LogP contribution in [0.3, 0.4) is 0 Å². The molecular formula is C8H16N2O3. The van der Waals surface area contributed by atoms with Crippen molar-refractivity contribution in [3.63, 3.8) is 0 Å². The molecule has 0 aliphatic carbocycles. The van der Waals surface area contributed by atoms with E-state index in [9.17, 15) is 4.79 Å². The Labute approximate surface area is 77.3 Å². The molecule has 76 valence electrons. The number of aliphatic hydroxyl groups excluding tert-OH is 2. The maximum Gasteiger partial charge on any atom is 0.239 e. The summed E-state index contributed by atoms with van der Waals surface area (Å²) in [7, 11) is 1.74. The van der Waals surface area contributed by atoms with E-state index < -0.39 is 6.10 Å². The summed E-state index contributed by atoms with van der Waals surface area (Å²) in [5.74, 6) is 0.00926. The number of hydrogen-bond acceptors (Lipinski definition) is 4. The highest BCUT2D eigenvalue weighted by Crippen LogP contribution is 2.10. The van der Waals surface area contributed by atoms with Gasteiger partial charge in [0.05, 0.1) is 18.8 Å². The minimum Gasteiger partial charge on any atom is -0.394 e. The summed E-state index contributed by atoms with van der Waals surface area (Å²) in [6.45, 7) is 0.586. The summed E-state index contributed by atoms with van der Waals surface area (Å²) < 4.78 is 0. The van der Waals surface area contributed by atoms with Crippen LogP contribution in [0.1, 0.15) is 6.42 Å². The van der Waals surface area contributed by atoms with Gasteiger partial charge >= 0.3 is 0 Å². The normalized spacial score (nSPS) is 25.3. The first-order chi connectivity index (χ1) is 6.19. The molecule has 1 aliphatic rings. The first kappa shape index (κ1) is 10.4. The number of likely N-dealkylation sites (tertiary alicyclic amines) is 1. The molecule has 1 aliphatic heterocycles. The van der Waals surface area contributed by atoms with Gasteiger partial charge in [0.25, 0.3) is 0 Å². The molecule has 1 amide bonds. The average molecular weight is 188 g/mol. The fourth-order valence-electron chi connectivity index (χ4n) is 1.50. The van der Waals surface area contributed by atoms with E-state index in [1.54, 1.807) is 11.9 Å². The molecule has 0 bridgehead atoms. The van der Waals surface area contributed by atoms with Crippen molar-refractivity contribution in [3.05, 3.63) is 0 Å². The van der Waals surface area contributed by atoms with Gasteiger partial charge in [0.15, 0.2) is 0 Å². The van der Waals surface area contributed by atoms with Crippen LogP contribution in [-0.4, -0.2) is 59.9 Å². The van der Waals surface area contributed by atoms with Gasteiger partial charge in [-0.05, 0) is 13.5 Å². The smallest absolute Gasteiger partial charge is 0.239 e. The van der Waals surface area contributed by atoms with Gasteiger partial charge in [0.1, 0.15) is 0 Å². The predicted octanol–water partition coefficient (Wildman–Crippen LogP) is -1.84. The number of rotatable bonds is 4. The molecule has 1 heterocycles. The molecule has 1 fully saturated rings. The van der Waals surface area contributed by atoms with Gasteiger partial charge in [0.2, 0.25) is 5.91 Å². The Morgan fingerprint density at radius 3 is 2.92 bits per heavy atom. The van der Waals surface area contributed by atoms with Crippen LogP contribution >= 0.6 is 0 Å². The lowest BCUT2D eigenvalue weighted by molar-refractivity contribution is -0.130. The largest absolute Gasteiger partial charge is 0.394 e. The van der Waals surface area contributed by atoms with E-state index in [-0.39, 0.29) is 25.1 Å². The number of amides is 1. The minimum absolute atomic E-state index is 0.00926. The topological polar surface area (TPSA) is 72.8 Å². The molecule has 1 saturated heterocycles. The molecule has 0 aromatic rings. The summed E-state index contributed by atoms with van der Waals surface area (Å²) in [4.78, 5) is 13.0. The molecule has 5 heteroatoms. The number of carbonyl (C=O) groups is 1. The second-order valence-electron chi connectivity index (χ2n) is 3.25. The highest BCUT2D eigenvalue weighted by molar-refractivity contribution is 5.83. The molecule has 2 atom stereocenters. The van der Waals surface area contributed by atoms with Crippen LogP contribution in [0.25, 0.3) is 0 Å². The molecular weight excluding hydrogens is 172 g/mol. The third kappa shape index (κ3) is 2.40. The third-order valence-corrected chi connectivity index (χ3v) is 2.29. The Hall–Kier alpha value is -0.650. The average Bonchev–Trinajstić information content (AvgIpc) is 2.48. The van der Waals surface area contributed by atoms with E-state index in [4.69, 9.17) is 10.2 Å². The lowest BCUT2D eigenvalue weighted by Gasteiger charge is -2.18. The zero-order chi connectivity index (χ0) is 9.84. The Kier molecular flexibility index (Phi) is 3.65. The van der Waals surface area contributed by atoms with Crippen LogP contribution in [0.15, 0.2) is 0 Å². The number of carbonyl (C=O) groups excluding carboxylic acids is 1.